The number of oxime groups is 1. The molecule has 2 aromatic carbocycles. The Morgan fingerprint density at radius 3 is 1.48 bits per heavy atom. The smallest absolute Gasteiger partial charge is 0.550 e. The van der Waals surface area contributed by atoms with Crippen molar-refractivity contribution in [2.45, 2.75) is 247 Å². The van der Waals surface area contributed by atoms with Crippen molar-refractivity contribution < 1.29 is 82.4 Å². The van der Waals surface area contributed by atoms with Crippen LogP contribution in [-0.4, -0.2) is 93.2 Å². The standard InChI is InChI=1S/C36H50N2O4.C36H49NO4.C2H4O2.CH4.ClH2NO.Na/c1-22-16-32-33(38(20-22)34(39)41-21-25-8-6-5-7-9-25)24(3)36(42-32)15-13-28-29-11-10-26-17-27(37-40)12-14-35(26,4)31(29)18-30(28)23(2)19-36;1-22-16-32-33(37(20-22)34(39)40-21-25-8-6-5-7-9-25)24(3)36(41-32)15-13-28-29-11-10-26-17-27(38)12-14-35(26,4)31(29)18-30(28)23(2)19-36;1-2(3)4;;1-3-2;/h5-9,22,24,26,28-29,31-33,40H,10-21H2,1-4H3;5-9,22,24,26,28-29,31-33H,10-21H2,1-4H3;1H3,(H,3,4);1H4;2H2;/q;;;;;+1/p-1/t2*22-,24+,26+,28-,29-,31-,32+,33-,35-,36-;;;;/m00..../s1. The van der Waals surface area contributed by atoms with Crippen LogP contribution in [-0.2, 0) is 46.1 Å². The van der Waals surface area contributed by atoms with Gasteiger partial charge in [0.05, 0.1) is 53.1 Å². The van der Waals surface area contributed by atoms with Gasteiger partial charge in [-0.2, -0.15) is 10.3 Å². The molecule has 8 aliphatic carbocycles. The average Bonchev–Trinajstić information content (AvgIpc) is 1.58. The summed E-state index contributed by atoms with van der Waals surface area (Å²) in [6, 6.07) is 20.1. The van der Waals surface area contributed by atoms with Crippen LogP contribution in [0.4, 0.5) is 9.59 Å². The molecule has 20 atom stereocenters. The van der Waals surface area contributed by atoms with Crippen molar-refractivity contribution in [3.8, 4) is 0 Å². The molecule has 3 N–H and O–H groups in total. The first-order valence-electron chi connectivity index (χ1n) is 34.6. The van der Waals surface area contributed by atoms with Crippen molar-refractivity contribution in [1.82, 2.24) is 9.80 Å². The van der Waals surface area contributed by atoms with E-state index >= 15 is 0 Å². The summed E-state index contributed by atoms with van der Waals surface area (Å²) in [6.07, 6.45) is 21.7. The number of fused-ring (bicyclic) bond motifs is 12. The van der Waals surface area contributed by atoms with E-state index in [1.165, 1.54) is 57.8 Å². The molecule has 10 fully saturated rings. The predicted octanol–water partition coefficient (Wildman–Crippen LogP) is 12.1. The fourth-order valence-electron chi connectivity index (χ4n) is 21.8. The second-order valence-electron chi connectivity index (χ2n) is 31.0. The molecule has 4 saturated heterocycles. The minimum absolute atomic E-state index is 0. The number of amides is 2. The first kappa shape index (κ1) is 72.5. The van der Waals surface area contributed by atoms with Gasteiger partial charge in [0.2, 0.25) is 0 Å². The van der Waals surface area contributed by atoms with E-state index in [0.717, 1.165) is 131 Å². The van der Waals surface area contributed by atoms with Crippen molar-refractivity contribution in [2.75, 3.05) is 13.1 Å². The van der Waals surface area contributed by atoms with Gasteiger partial charge in [0.1, 0.15) is 19.0 Å². The van der Waals surface area contributed by atoms with Gasteiger partial charge in [0.15, 0.2) is 0 Å². The summed E-state index contributed by atoms with van der Waals surface area (Å²) in [6.45, 7) is 22.2. The number of carboxylic acids is 1. The van der Waals surface area contributed by atoms with E-state index in [9.17, 15) is 19.6 Å². The fourth-order valence-corrected chi connectivity index (χ4v) is 21.8. The van der Waals surface area contributed by atoms with Gasteiger partial charge in [-0.3, -0.25) is 4.79 Å². The molecule has 92 heavy (non-hydrogen) atoms. The Morgan fingerprint density at radius 2 is 1.07 bits per heavy atom. The van der Waals surface area contributed by atoms with Crippen LogP contribution in [0.15, 0.2) is 88.1 Å². The van der Waals surface area contributed by atoms with E-state index in [1.807, 2.05) is 70.5 Å². The largest absolute Gasteiger partial charge is 1.00 e. The summed E-state index contributed by atoms with van der Waals surface area (Å²) in [5.74, 6) is 10.5. The number of hydrogen-bond donors (Lipinski definition) is 2. The molecule has 2 spiro atoms. The monoisotopic (exact) mass is 1300 g/mol. The first-order chi connectivity index (χ1) is 43.0. The van der Waals surface area contributed by atoms with Gasteiger partial charge in [-0.25, -0.2) is 9.59 Å². The third kappa shape index (κ3) is 14.2. The summed E-state index contributed by atoms with van der Waals surface area (Å²) in [7, 11) is 0. The van der Waals surface area contributed by atoms with Gasteiger partial charge < -0.3 is 43.9 Å². The minimum atomic E-state index is -1.08. The number of piperidine rings is 2. The molecular formula is C75H108ClN4NaO11. The SMILES string of the molecule is C.CC(=O)[O-].CC1=C2C[C@H]3[C@@H](CC[C@@H]4CC(=NO)CC[C@@]43C)[C@@H]2CC[C@@]2(C1)O[C@@H]1C[C@H](C)CN(C(=O)OCc3ccccc3)[C@H]1[C@H]2C.CC1=C2C[C@H]3[C@@H](CC[C@@H]4CC(=O)CC[C@@]43C)[C@@H]2CC[C@@]2(C1)O[C@@H]1C[C@H](C)CN(C(=O)OCc3ccccc3)[C@H]1[C@H]2C.NOCl.[Na+]. The molecule has 12 aliphatic rings. The minimum Gasteiger partial charge on any atom is -0.550 e. The van der Waals surface area contributed by atoms with Crippen LogP contribution in [0, 0.1) is 81.8 Å². The molecule has 4 heterocycles. The molecule has 15 nitrogen and oxygen atoms in total. The van der Waals surface area contributed by atoms with Gasteiger partial charge >= 0.3 is 41.7 Å². The number of rotatable bonds is 4. The summed E-state index contributed by atoms with van der Waals surface area (Å²) < 4.78 is 29.3. The van der Waals surface area contributed by atoms with Crippen LogP contribution in [0.1, 0.15) is 209 Å². The number of nitrogens with zero attached hydrogens (tertiary/aromatic N) is 3. The Hall–Kier alpha value is -3.80. The number of halogens is 1. The number of carbonyl (C=O) groups excluding carboxylic acids is 4. The predicted molar refractivity (Wildman–Crippen MR) is 351 cm³/mol. The number of hydrogen-bond acceptors (Lipinski definition) is 13. The van der Waals surface area contributed by atoms with Crippen LogP contribution in [0.5, 0.6) is 0 Å². The summed E-state index contributed by atoms with van der Waals surface area (Å²) in [4.78, 5) is 52.3. The fraction of sp³-hybridized carbons (Fsp3) is 0.720. The second kappa shape index (κ2) is 29.9. The van der Waals surface area contributed by atoms with Crippen molar-refractivity contribution in [3.63, 3.8) is 0 Å². The summed E-state index contributed by atoms with van der Waals surface area (Å²) >= 11 is 4.28. The average molecular weight is 1300 g/mol. The molecule has 2 amide bonds. The Kier molecular flexibility index (Phi) is 23.6. The number of benzene rings is 2. The molecule has 2 aromatic rings. The van der Waals surface area contributed by atoms with Gasteiger partial charge in [0.25, 0.3) is 0 Å². The molecular weight excluding hydrogens is 1190 g/mol. The maximum absolute atomic E-state index is 13.5. The van der Waals surface area contributed by atoms with Gasteiger partial charge in [-0.1, -0.05) is 137 Å². The van der Waals surface area contributed by atoms with E-state index in [-0.39, 0.29) is 96.5 Å². The maximum Gasteiger partial charge on any atom is 1.00 e. The molecule has 6 saturated carbocycles. The van der Waals surface area contributed by atoms with Crippen molar-refractivity contribution >= 4 is 41.5 Å². The first-order valence-corrected chi connectivity index (χ1v) is 34.9. The van der Waals surface area contributed by atoms with Crippen LogP contribution in [0.2, 0.25) is 0 Å². The molecule has 4 aliphatic heterocycles. The Bertz CT molecular complexity index is 3020. The number of allylic oxidation sites excluding steroid dienone is 2. The van der Waals surface area contributed by atoms with E-state index in [2.05, 4.69) is 82.7 Å². The Morgan fingerprint density at radius 1 is 0.663 bits per heavy atom. The molecule has 14 rings (SSSR count). The van der Waals surface area contributed by atoms with E-state index in [1.54, 1.807) is 22.3 Å². The molecule has 0 unspecified atom stereocenters. The number of Topliss-reactive ketones (excluding diaryl/α,β-unsaturated/α-hetero) is 1. The van der Waals surface area contributed by atoms with Crippen LogP contribution in [0.25, 0.3) is 0 Å². The Labute approximate surface area is 576 Å². The zero-order valence-electron chi connectivity index (χ0n) is 56.3. The number of likely N-dealkylation sites (tertiary alicyclic amines) is 2. The third-order valence-corrected chi connectivity index (χ3v) is 26.2. The third-order valence-electron chi connectivity index (χ3n) is 26.2. The number of ether oxygens (including phenoxy) is 4. The molecule has 0 bridgehead atoms. The normalized spacial score (nSPS) is 40.0. The summed E-state index contributed by atoms with van der Waals surface area (Å²) in [5, 5.41) is 22.0. The van der Waals surface area contributed by atoms with Crippen molar-refractivity contribution in [3.05, 3.63) is 94.1 Å². The second-order valence-corrected chi connectivity index (χ2v) is 31.2. The van der Waals surface area contributed by atoms with Crippen molar-refractivity contribution in [2.24, 2.45) is 92.9 Å². The quantitative estimate of drug-likeness (QED) is 0.127. The molecule has 502 valence electrons. The van der Waals surface area contributed by atoms with Gasteiger partial charge in [0, 0.05) is 43.7 Å². The van der Waals surface area contributed by atoms with Crippen LogP contribution in [0.3, 0.4) is 0 Å². The van der Waals surface area contributed by atoms with E-state index in [0.29, 0.717) is 65.3 Å². The zero-order valence-corrected chi connectivity index (χ0v) is 59.1. The van der Waals surface area contributed by atoms with Gasteiger partial charge in [-0.05, 0) is 217 Å². The number of ketones is 1. The number of nitrogens with two attached hydrogens (primary N) is 1. The number of carboxylic acid groups (broad SMARTS) is 1. The Balaban J connectivity index is 0.000000194. The van der Waals surface area contributed by atoms with Crippen LogP contribution >= 0.6 is 11.9 Å². The number of aliphatic carboxylic acids is 1. The van der Waals surface area contributed by atoms with E-state index < -0.39 is 5.97 Å². The molecule has 17 heteroatoms. The topological polar surface area (TPSA) is 203 Å². The van der Waals surface area contributed by atoms with Crippen LogP contribution < -0.4 is 40.6 Å². The zero-order chi connectivity index (χ0) is 64.0. The maximum atomic E-state index is 13.5. The molecule has 0 aromatic heterocycles. The molecule has 0 radical (unpaired) electrons. The number of carbonyl (C=O) groups is 4. The van der Waals surface area contributed by atoms with Crippen molar-refractivity contribution in [1.29, 1.82) is 0 Å². The summed E-state index contributed by atoms with van der Waals surface area (Å²) in [5.41, 5.74) is 9.94. The van der Waals surface area contributed by atoms with Gasteiger partial charge in [-0.15, -0.1) is 0 Å². The van der Waals surface area contributed by atoms with E-state index in [4.69, 9.17) is 28.8 Å².